The summed E-state index contributed by atoms with van der Waals surface area (Å²) in [6.45, 7) is 5.71. The number of anilines is 1. The number of piperazine rings is 1. The van der Waals surface area contributed by atoms with Crippen LogP contribution in [-0.4, -0.2) is 43.0 Å². The van der Waals surface area contributed by atoms with E-state index in [1.165, 1.54) is 0 Å². The second-order valence-corrected chi connectivity index (χ2v) is 5.38. The second-order valence-electron chi connectivity index (χ2n) is 4.46. The average molecular weight is 385 g/mol. The molecule has 0 bridgehead atoms. The summed E-state index contributed by atoms with van der Waals surface area (Å²) in [6.07, 6.45) is 0. The minimum atomic E-state index is -0.0916. The zero-order valence-corrected chi connectivity index (χ0v) is 14.5. The maximum atomic E-state index is 12.1. The van der Waals surface area contributed by atoms with E-state index in [4.69, 9.17) is 0 Å². The van der Waals surface area contributed by atoms with E-state index in [0.717, 1.165) is 36.3 Å². The zero-order valence-electron chi connectivity index (χ0n) is 11.3. The molecular formula is C13H20BrCl2N3O. The first-order chi connectivity index (χ1) is 8.66. The third-order valence-electron chi connectivity index (χ3n) is 3.17. The van der Waals surface area contributed by atoms with Gasteiger partial charge in [0.2, 0.25) is 5.91 Å². The lowest BCUT2D eigenvalue weighted by Crippen LogP contribution is -2.51. The summed E-state index contributed by atoms with van der Waals surface area (Å²) in [6, 6.07) is 7.56. The molecule has 7 heteroatoms. The number of carbonyl (C=O) groups excluding carboxylic acids is 1. The molecule has 4 nitrogen and oxygen atoms in total. The van der Waals surface area contributed by atoms with Gasteiger partial charge in [-0.1, -0.05) is 22.0 Å². The van der Waals surface area contributed by atoms with Crippen molar-refractivity contribution in [3.8, 4) is 0 Å². The molecule has 20 heavy (non-hydrogen) atoms. The normalized spacial score (nSPS) is 16.5. The lowest BCUT2D eigenvalue weighted by molar-refractivity contribution is -0.120. The Morgan fingerprint density at radius 1 is 1.35 bits per heavy atom. The van der Waals surface area contributed by atoms with E-state index in [1.807, 2.05) is 31.2 Å². The zero-order chi connectivity index (χ0) is 13.0. The second kappa shape index (κ2) is 9.58. The van der Waals surface area contributed by atoms with Crippen molar-refractivity contribution in [2.45, 2.75) is 13.0 Å². The van der Waals surface area contributed by atoms with Crippen molar-refractivity contribution >= 4 is 52.3 Å². The SMILES string of the molecule is CC(C(=O)Nc1cccc(Br)c1)N1CCNCC1.Cl.Cl. The predicted octanol–water partition coefficient (Wildman–Crippen LogP) is 2.52. The molecule has 1 heterocycles. The molecule has 1 atom stereocenters. The monoisotopic (exact) mass is 383 g/mol. The summed E-state index contributed by atoms with van der Waals surface area (Å²) < 4.78 is 0.968. The van der Waals surface area contributed by atoms with Crippen LogP contribution >= 0.6 is 40.7 Å². The van der Waals surface area contributed by atoms with E-state index < -0.39 is 0 Å². The van der Waals surface area contributed by atoms with E-state index in [-0.39, 0.29) is 36.8 Å². The third-order valence-corrected chi connectivity index (χ3v) is 3.66. The molecule has 1 saturated heterocycles. The third kappa shape index (κ3) is 5.58. The summed E-state index contributed by atoms with van der Waals surface area (Å²) in [5.74, 6) is 0.0509. The highest BCUT2D eigenvalue weighted by Crippen LogP contribution is 2.16. The van der Waals surface area contributed by atoms with Crippen LogP contribution in [0, 0.1) is 0 Å². The number of amides is 1. The van der Waals surface area contributed by atoms with E-state index in [1.54, 1.807) is 0 Å². The van der Waals surface area contributed by atoms with Crippen molar-refractivity contribution in [2.24, 2.45) is 0 Å². The Labute approximate surface area is 140 Å². The van der Waals surface area contributed by atoms with Crippen molar-refractivity contribution in [2.75, 3.05) is 31.5 Å². The summed E-state index contributed by atoms with van der Waals surface area (Å²) >= 11 is 3.40. The van der Waals surface area contributed by atoms with E-state index >= 15 is 0 Å². The van der Waals surface area contributed by atoms with Crippen LogP contribution in [0.5, 0.6) is 0 Å². The van der Waals surface area contributed by atoms with Gasteiger partial charge in [-0.15, -0.1) is 24.8 Å². The van der Waals surface area contributed by atoms with E-state index in [0.29, 0.717) is 0 Å². The topological polar surface area (TPSA) is 44.4 Å². The molecule has 1 aliphatic heterocycles. The number of nitrogens with zero attached hydrogens (tertiary/aromatic N) is 1. The summed E-state index contributed by atoms with van der Waals surface area (Å²) in [7, 11) is 0. The van der Waals surface area contributed by atoms with Gasteiger partial charge in [-0.2, -0.15) is 0 Å². The van der Waals surface area contributed by atoms with Crippen molar-refractivity contribution < 1.29 is 4.79 Å². The van der Waals surface area contributed by atoms with Crippen molar-refractivity contribution in [3.63, 3.8) is 0 Å². The minimum absolute atomic E-state index is 0. The van der Waals surface area contributed by atoms with Gasteiger partial charge in [0, 0.05) is 36.3 Å². The highest BCUT2D eigenvalue weighted by Gasteiger charge is 2.22. The Kier molecular flexibility index (Phi) is 9.42. The van der Waals surface area contributed by atoms with Crippen LogP contribution in [0.15, 0.2) is 28.7 Å². The number of halogens is 3. The van der Waals surface area contributed by atoms with E-state index in [2.05, 4.69) is 31.5 Å². The van der Waals surface area contributed by atoms with E-state index in [9.17, 15) is 4.79 Å². The largest absolute Gasteiger partial charge is 0.325 e. The molecule has 1 aliphatic rings. The predicted molar refractivity (Wildman–Crippen MR) is 91.2 cm³/mol. The van der Waals surface area contributed by atoms with Crippen LogP contribution in [0.3, 0.4) is 0 Å². The smallest absolute Gasteiger partial charge is 0.241 e. The number of hydrogen-bond donors (Lipinski definition) is 2. The maximum Gasteiger partial charge on any atom is 0.241 e. The molecule has 1 fully saturated rings. The molecule has 0 radical (unpaired) electrons. The first-order valence-electron chi connectivity index (χ1n) is 6.18. The van der Waals surface area contributed by atoms with Gasteiger partial charge in [-0.05, 0) is 25.1 Å². The lowest BCUT2D eigenvalue weighted by atomic mass is 10.2. The quantitative estimate of drug-likeness (QED) is 0.841. The van der Waals surface area contributed by atoms with Gasteiger partial charge in [0.1, 0.15) is 0 Å². The fourth-order valence-electron chi connectivity index (χ4n) is 2.05. The summed E-state index contributed by atoms with van der Waals surface area (Å²) in [5, 5.41) is 6.23. The molecular weight excluding hydrogens is 365 g/mol. The van der Waals surface area contributed by atoms with Crippen LogP contribution in [0.4, 0.5) is 5.69 Å². The number of rotatable bonds is 3. The highest BCUT2D eigenvalue weighted by molar-refractivity contribution is 9.10. The molecule has 0 saturated carbocycles. The van der Waals surface area contributed by atoms with Crippen LogP contribution < -0.4 is 10.6 Å². The maximum absolute atomic E-state index is 12.1. The first kappa shape index (κ1) is 19.7. The van der Waals surface area contributed by atoms with Gasteiger partial charge in [-0.25, -0.2) is 0 Å². The molecule has 0 spiro atoms. The Morgan fingerprint density at radius 2 is 2.00 bits per heavy atom. The molecule has 2 rings (SSSR count). The number of hydrogen-bond acceptors (Lipinski definition) is 3. The van der Waals surface area contributed by atoms with Gasteiger partial charge in [0.05, 0.1) is 6.04 Å². The van der Waals surface area contributed by atoms with Gasteiger partial charge >= 0.3 is 0 Å². The Hall–Kier alpha value is -0.330. The lowest BCUT2D eigenvalue weighted by Gasteiger charge is -2.31. The fourth-order valence-corrected chi connectivity index (χ4v) is 2.45. The van der Waals surface area contributed by atoms with Crippen LogP contribution in [0.1, 0.15) is 6.92 Å². The summed E-state index contributed by atoms with van der Waals surface area (Å²) in [5.41, 5.74) is 0.830. The Bertz CT molecular complexity index is 428. The first-order valence-corrected chi connectivity index (χ1v) is 6.97. The summed E-state index contributed by atoms with van der Waals surface area (Å²) in [4.78, 5) is 14.3. The Balaban J connectivity index is 0.00000180. The molecule has 0 aromatic heterocycles. The fraction of sp³-hybridized carbons (Fsp3) is 0.462. The van der Waals surface area contributed by atoms with Crippen LogP contribution in [-0.2, 0) is 4.79 Å². The van der Waals surface area contributed by atoms with Crippen molar-refractivity contribution in [1.82, 2.24) is 10.2 Å². The van der Waals surface area contributed by atoms with Gasteiger partial charge in [-0.3, -0.25) is 9.69 Å². The van der Waals surface area contributed by atoms with Crippen LogP contribution in [0.2, 0.25) is 0 Å². The molecule has 0 aliphatic carbocycles. The van der Waals surface area contributed by atoms with Crippen LogP contribution in [0.25, 0.3) is 0 Å². The molecule has 1 unspecified atom stereocenters. The highest BCUT2D eigenvalue weighted by atomic mass is 79.9. The standard InChI is InChI=1S/C13H18BrN3O.2ClH/c1-10(17-7-5-15-6-8-17)13(18)16-12-4-2-3-11(14)9-12;;/h2-4,9-10,15H,5-8H2,1H3,(H,16,18);2*1H. The van der Waals surface area contributed by atoms with Gasteiger partial charge in [0.25, 0.3) is 0 Å². The molecule has 1 aromatic rings. The Morgan fingerprint density at radius 3 is 2.60 bits per heavy atom. The van der Waals surface area contributed by atoms with Crippen molar-refractivity contribution in [1.29, 1.82) is 0 Å². The number of nitrogens with one attached hydrogen (secondary N) is 2. The van der Waals surface area contributed by atoms with Crippen molar-refractivity contribution in [3.05, 3.63) is 28.7 Å². The molecule has 1 amide bonds. The van der Waals surface area contributed by atoms with Gasteiger partial charge < -0.3 is 10.6 Å². The van der Waals surface area contributed by atoms with Gasteiger partial charge in [0.15, 0.2) is 0 Å². The average Bonchev–Trinajstić information content (AvgIpc) is 2.39. The number of benzene rings is 1. The number of carbonyl (C=O) groups is 1. The molecule has 114 valence electrons. The molecule has 2 N–H and O–H groups in total. The molecule has 1 aromatic carbocycles. The minimum Gasteiger partial charge on any atom is -0.325 e.